The van der Waals surface area contributed by atoms with E-state index < -0.39 is 15.8 Å². The predicted octanol–water partition coefficient (Wildman–Crippen LogP) is 2.72. The topological polar surface area (TPSA) is 99.0 Å². The van der Waals surface area contributed by atoms with Gasteiger partial charge < -0.3 is 10.2 Å². The van der Waals surface area contributed by atoms with Crippen LogP contribution in [0.4, 0.5) is 0 Å². The number of hydrogen-bond acceptors (Lipinski definition) is 5. The Morgan fingerprint density at radius 2 is 1.86 bits per heavy atom. The fourth-order valence-corrected chi connectivity index (χ4v) is 3.11. The second-order valence-corrected chi connectivity index (χ2v) is 6.62. The number of hydrogen-bond donors (Lipinski definition) is 3. The first-order valence-corrected chi connectivity index (χ1v) is 8.06. The van der Waals surface area contributed by atoms with E-state index in [2.05, 4.69) is 5.10 Å². The minimum atomic E-state index is -4.02. The zero-order valence-corrected chi connectivity index (χ0v) is 13.2. The highest BCUT2D eigenvalue weighted by Crippen LogP contribution is 2.27. The summed E-state index contributed by atoms with van der Waals surface area (Å²) in [6.07, 6.45) is 1.05. The molecular formula is C13H10Cl2N2O4S. The number of para-hydroxylation sites is 1. The van der Waals surface area contributed by atoms with Crippen molar-refractivity contribution in [2.75, 3.05) is 0 Å². The maximum absolute atomic E-state index is 12.1. The van der Waals surface area contributed by atoms with Gasteiger partial charge in [-0.15, -0.1) is 0 Å². The quantitative estimate of drug-likeness (QED) is 0.443. The Morgan fingerprint density at radius 1 is 1.14 bits per heavy atom. The van der Waals surface area contributed by atoms with E-state index in [0.717, 1.165) is 6.21 Å². The van der Waals surface area contributed by atoms with Gasteiger partial charge in [-0.25, -0.2) is 4.83 Å². The first-order valence-electron chi connectivity index (χ1n) is 5.82. The van der Waals surface area contributed by atoms with Crippen LogP contribution in [0, 0.1) is 0 Å². The molecule has 2 rings (SSSR count). The van der Waals surface area contributed by atoms with Gasteiger partial charge in [0.05, 0.1) is 11.2 Å². The van der Waals surface area contributed by atoms with Crippen LogP contribution in [0.3, 0.4) is 0 Å². The molecule has 0 fully saturated rings. The van der Waals surface area contributed by atoms with Crippen LogP contribution in [0.5, 0.6) is 11.5 Å². The molecule has 0 aliphatic heterocycles. The summed E-state index contributed by atoms with van der Waals surface area (Å²) in [6, 6.07) is 8.19. The van der Waals surface area contributed by atoms with Gasteiger partial charge in [0, 0.05) is 10.6 Å². The number of sulfonamides is 1. The lowest BCUT2D eigenvalue weighted by molar-refractivity contribution is 0.403. The first kappa shape index (κ1) is 16.4. The van der Waals surface area contributed by atoms with Crippen molar-refractivity contribution >= 4 is 39.4 Å². The zero-order chi connectivity index (χ0) is 16.3. The smallest absolute Gasteiger partial charge is 0.278 e. The standard InChI is InChI=1S/C13H10Cl2N2O4S/c14-9-4-5-10(15)12(6-9)22(20,21)17-16-7-8-2-1-3-11(18)13(8)19/h1-7,17-19H/b16-7-. The first-order chi connectivity index (χ1) is 10.3. The van der Waals surface area contributed by atoms with Crippen LogP contribution in [-0.4, -0.2) is 24.8 Å². The third-order valence-electron chi connectivity index (χ3n) is 2.61. The number of halogens is 2. The summed E-state index contributed by atoms with van der Waals surface area (Å²) < 4.78 is 24.1. The van der Waals surface area contributed by atoms with Crippen molar-refractivity contribution in [3.05, 3.63) is 52.0 Å². The Labute approximate surface area is 136 Å². The number of benzene rings is 2. The Morgan fingerprint density at radius 3 is 2.59 bits per heavy atom. The summed E-state index contributed by atoms with van der Waals surface area (Å²) in [5, 5.41) is 22.6. The van der Waals surface area contributed by atoms with E-state index in [1.807, 2.05) is 4.83 Å². The van der Waals surface area contributed by atoms with Crippen molar-refractivity contribution < 1.29 is 18.6 Å². The Kier molecular flexibility index (Phi) is 4.80. The van der Waals surface area contributed by atoms with Crippen LogP contribution in [0.25, 0.3) is 0 Å². The third kappa shape index (κ3) is 3.62. The predicted molar refractivity (Wildman–Crippen MR) is 84.1 cm³/mol. The van der Waals surface area contributed by atoms with Crippen molar-refractivity contribution in [3.8, 4) is 11.5 Å². The SMILES string of the molecule is O=S(=O)(N/N=C\c1cccc(O)c1O)c1cc(Cl)ccc1Cl. The van der Waals surface area contributed by atoms with Crippen molar-refractivity contribution in [3.63, 3.8) is 0 Å². The summed E-state index contributed by atoms with van der Waals surface area (Å²) >= 11 is 11.6. The second-order valence-electron chi connectivity index (χ2n) is 4.14. The number of rotatable bonds is 4. The minimum absolute atomic E-state index is 0.00713. The maximum Gasteiger partial charge on any atom is 0.278 e. The lowest BCUT2D eigenvalue weighted by atomic mass is 10.2. The highest BCUT2D eigenvalue weighted by molar-refractivity contribution is 7.89. The van der Waals surface area contributed by atoms with E-state index in [1.165, 1.54) is 36.4 Å². The van der Waals surface area contributed by atoms with E-state index in [9.17, 15) is 18.6 Å². The molecule has 6 nitrogen and oxygen atoms in total. The number of phenolic OH excluding ortho intramolecular Hbond substituents is 2. The van der Waals surface area contributed by atoms with E-state index in [-0.39, 0.29) is 26.3 Å². The second kappa shape index (κ2) is 6.43. The molecule has 0 aromatic heterocycles. The Balaban J connectivity index is 2.25. The number of nitrogens with zero attached hydrogens (tertiary/aromatic N) is 1. The molecular weight excluding hydrogens is 351 g/mol. The maximum atomic E-state index is 12.1. The Bertz CT molecular complexity index is 838. The Hall–Kier alpha value is -1.96. The molecule has 0 saturated carbocycles. The molecule has 2 aromatic rings. The summed E-state index contributed by atoms with van der Waals surface area (Å²) in [6.45, 7) is 0. The molecule has 0 aliphatic rings. The van der Waals surface area contributed by atoms with Gasteiger partial charge in [-0.2, -0.15) is 13.5 Å². The lowest BCUT2D eigenvalue weighted by Gasteiger charge is -2.06. The van der Waals surface area contributed by atoms with Gasteiger partial charge in [-0.05, 0) is 30.3 Å². The molecule has 116 valence electrons. The van der Waals surface area contributed by atoms with Crippen LogP contribution in [0.15, 0.2) is 46.4 Å². The van der Waals surface area contributed by atoms with E-state index in [1.54, 1.807) is 0 Å². The lowest BCUT2D eigenvalue weighted by Crippen LogP contribution is -2.18. The normalized spacial score (nSPS) is 11.7. The molecule has 0 saturated heterocycles. The third-order valence-corrected chi connectivity index (χ3v) is 4.54. The summed E-state index contributed by atoms with van der Waals surface area (Å²) in [5.41, 5.74) is 0.139. The fourth-order valence-electron chi connectivity index (χ4n) is 1.55. The molecule has 0 atom stereocenters. The highest BCUT2D eigenvalue weighted by atomic mass is 35.5. The molecule has 0 unspecified atom stereocenters. The molecule has 2 aromatic carbocycles. The van der Waals surface area contributed by atoms with Crippen molar-refractivity contribution in [2.45, 2.75) is 4.90 Å². The molecule has 0 bridgehead atoms. The van der Waals surface area contributed by atoms with Crippen LogP contribution in [0.1, 0.15) is 5.56 Å². The number of aromatic hydroxyl groups is 2. The molecule has 9 heteroatoms. The fraction of sp³-hybridized carbons (Fsp3) is 0. The van der Waals surface area contributed by atoms with Crippen LogP contribution in [-0.2, 0) is 10.0 Å². The van der Waals surface area contributed by atoms with Crippen molar-refractivity contribution in [2.24, 2.45) is 5.10 Å². The molecule has 22 heavy (non-hydrogen) atoms. The van der Waals surface area contributed by atoms with E-state index in [0.29, 0.717) is 0 Å². The van der Waals surface area contributed by atoms with Gasteiger partial charge in [-0.1, -0.05) is 29.3 Å². The number of hydrazone groups is 1. The minimum Gasteiger partial charge on any atom is -0.504 e. The van der Waals surface area contributed by atoms with Crippen LogP contribution < -0.4 is 4.83 Å². The van der Waals surface area contributed by atoms with Gasteiger partial charge in [0.15, 0.2) is 11.5 Å². The van der Waals surface area contributed by atoms with Crippen LogP contribution in [0.2, 0.25) is 10.0 Å². The van der Waals surface area contributed by atoms with E-state index in [4.69, 9.17) is 23.2 Å². The molecule has 0 amide bonds. The van der Waals surface area contributed by atoms with Gasteiger partial charge in [0.2, 0.25) is 0 Å². The molecule has 0 aliphatic carbocycles. The summed E-state index contributed by atoms with van der Waals surface area (Å²) in [5.74, 6) is -0.754. The van der Waals surface area contributed by atoms with Gasteiger partial charge in [0.25, 0.3) is 10.0 Å². The average molecular weight is 361 g/mol. The molecule has 0 spiro atoms. The van der Waals surface area contributed by atoms with Crippen molar-refractivity contribution in [1.29, 1.82) is 0 Å². The summed E-state index contributed by atoms with van der Waals surface area (Å²) in [4.78, 5) is 1.72. The number of nitrogens with one attached hydrogen (secondary N) is 1. The van der Waals surface area contributed by atoms with Gasteiger partial charge >= 0.3 is 0 Å². The largest absolute Gasteiger partial charge is 0.504 e. The van der Waals surface area contributed by atoms with Gasteiger partial charge in [-0.3, -0.25) is 0 Å². The molecule has 0 radical (unpaired) electrons. The number of phenols is 2. The molecule has 0 heterocycles. The van der Waals surface area contributed by atoms with Gasteiger partial charge in [0.1, 0.15) is 4.90 Å². The monoisotopic (exact) mass is 360 g/mol. The van der Waals surface area contributed by atoms with Crippen LogP contribution >= 0.6 is 23.2 Å². The summed E-state index contributed by atoms with van der Waals surface area (Å²) in [7, 11) is -4.02. The average Bonchev–Trinajstić information content (AvgIpc) is 2.46. The molecule has 3 N–H and O–H groups in total. The highest BCUT2D eigenvalue weighted by Gasteiger charge is 2.17. The van der Waals surface area contributed by atoms with E-state index >= 15 is 0 Å². The van der Waals surface area contributed by atoms with Crippen molar-refractivity contribution in [1.82, 2.24) is 4.83 Å². The zero-order valence-electron chi connectivity index (χ0n) is 10.9.